The van der Waals surface area contributed by atoms with Gasteiger partial charge in [-0.3, -0.25) is 9.59 Å². The molecule has 4 aromatic rings. The Balaban J connectivity index is 1.58. The first-order chi connectivity index (χ1) is 15.6. The number of aromatic nitrogens is 3. The van der Waals surface area contributed by atoms with Crippen LogP contribution in [0.1, 0.15) is 17.4 Å². The monoisotopic (exact) mass is 425 g/mol. The summed E-state index contributed by atoms with van der Waals surface area (Å²) >= 11 is 0. The van der Waals surface area contributed by atoms with Gasteiger partial charge < -0.3 is 9.80 Å². The smallest absolute Gasteiger partial charge is 0.272 e. The van der Waals surface area contributed by atoms with Crippen LogP contribution in [0.15, 0.2) is 72.8 Å². The highest BCUT2D eigenvalue weighted by atomic mass is 16.2. The summed E-state index contributed by atoms with van der Waals surface area (Å²) in [5.74, 6) is -0.0742. The number of nitrogens with zero attached hydrogens (tertiary/aromatic N) is 5. The quantitative estimate of drug-likeness (QED) is 0.505. The summed E-state index contributed by atoms with van der Waals surface area (Å²) in [5, 5.41) is 4.72. The van der Waals surface area contributed by atoms with Crippen LogP contribution >= 0.6 is 0 Å². The van der Waals surface area contributed by atoms with Crippen LogP contribution in [0.5, 0.6) is 0 Å². The molecule has 1 saturated heterocycles. The van der Waals surface area contributed by atoms with Gasteiger partial charge in [-0.15, -0.1) is 0 Å². The minimum absolute atomic E-state index is 0.0364. The molecule has 0 spiro atoms. The molecule has 2 amide bonds. The van der Waals surface area contributed by atoms with Gasteiger partial charge in [0.25, 0.3) is 5.91 Å². The Bertz CT molecular complexity index is 1280. The first-order valence-electron chi connectivity index (χ1n) is 10.7. The maximum atomic E-state index is 13.6. The van der Waals surface area contributed by atoms with Crippen molar-refractivity contribution in [3.8, 4) is 22.5 Å². The zero-order valence-electron chi connectivity index (χ0n) is 17.8. The van der Waals surface area contributed by atoms with Gasteiger partial charge in [-0.05, 0) is 6.07 Å². The van der Waals surface area contributed by atoms with E-state index in [1.165, 1.54) is 0 Å². The standard InChI is InChI=1S/C25H23N5O2/c1-18(31)28-12-14-29(15-13-28)25(32)23-16-21(19-8-4-2-5-9-19)26-24-17-22(27-30(23)24)20-10-6-3-7-11-20/h2-11,16-17H,12-15H2,1H3. The number of hydrogen-bond acceptors (Lipinski definition) is 4. The minimum atomic E-state index is -0.111. The molecule has 2 aromatic carbocycles. The number of piperazine rings is 1. The van der Waals surface area contributed by atoms with Gasteiger partial charge in [0.15, 0.2) is 5.65 Å². The van der Waals surface area contributed by atoms with Crippen molar-refractivity contribution in [2.24, 2.45) is 0 Å². The number of amides is 2. The fraction of sp³-hybridized carbons (Fsp3) is 0.200. The third-order valence-corrected chi connectivity index (χ3v) is 5.80. The van der Waals surface area contributed by atoms with Crippen LogP contribution in [0, 0.1) is 0 Å². The number of hydrogen-bond donors (Lipinski definition) is 0. The molecule has 2 aromatic heterocycles. The molecule has 0 atom stereocenters. The second-order valence-electron chi connectivity index (χ2n) is 7.86. The zero-order valence-corrected chi connectivity index (χ0v) is 17.8. The second-order valence-corrected chi connectivity index (χ2v) is 7.86. The van der Waals surface area contributed by atoms with Crippen molar-refractivity contribution in [3.05, 3.63) is 78.5 Å². The molecule has 0 saturated carbocycles. The topological polar surface area (TPSA) is 70.8 Å². The predicted molar refractivity (Wildman–Crippen MR) is 122 cm³/mol. The van der Waals surface area contributed by atoms with Gasteiger partial charge in [0.05, 0.1) is 11.4 Å². The molecule has 32 heavy (non-hydrogen) atoms. The Hall–Kier alpha value is -4.00. The summed E-state index contributed by atoms with van der Waals surface area (Å²) < 4.78 is 1.63. The lowest BCUT2D eigenvalue weighted by molar-refractivity contribution is -0.130. The van der Waals surface area contributed by atoms with Crippen LogP contribution < -0.4 is 0 Å². The summed E-state index contributed by atoms with van der Waals surface area (Å²) in [4.78, 5) is 33.6. The van der Waals surface area contributed by atoms with E-state index in [4.69, 9.17) is 10.1 Å². The molecule has 0 aliphatic carbocycles. The van der Waals surface area contributed by atoms with Crippen LogP contribution in [0.2, 0.25) is 0 Å². The molecule has 160 valence electrons. The lowest BCUT2D eigenvalue weighted by Gasteiger charge is -2.34. The van der Waals surface area contributed by atoms with Gasteiger partial charge in [0, 0.05) is 50.3 Å². The van der Waals surface area contributed by atoms with Gasteiger partial charge in [-0.2, -0.15) is 5.10 Å². The number of carbonyl (C=O) groups excluding carboxylic acids is 2. The first-order valence-corrected chi connectivity index (χ1v) is 10.7. The maximum Gasteiger partial charge on any atom is 0.272 e. The SMILES string of the molecule is CC(=O)N1CCN(C(=O)c2cc(-c3ccccc3)nc3cc(-c4ccccc4)nn23)CC1. The lowest BCUT2D eigenvalue weighted by Crippen LogP contribution is -2.50. The Kier molecular flexibility index (Phi) is 5.15. The minimum Gasteiger partial charge on any atom is -0.339 e. The van der Waals surface area contributed by atoms with Crippen LogP contribution in [0.4, 0.5) is 0 Å². The molecular formula is C25H23N5O2. The van der Waals surface area contributed by atoms with E-state index < -0.39 is 0 Å². The van der Waals surface area contributed by atoms with Crippen LogP contribution in [0.25, 0.3) is 28.2 Å². The molecule has 5 rings (SSSR count). The average Bonchev–Trinajstić information content (AvgIpc) is 3.28. The molecular weight excluding hydrogens is 402 g/mol. The van der Waals surface area contributed by atoms with Crippen molar-refractivity contribution in [1.82, 2.24) is 24.4 Å². The van der Waals surface area contributed by atoms with E-state index in [-0.39, 0.29) is 11.8 Å². The largest absolute Gasteiger partial charge is 0.339 e. The van der Waals surface area contributed by atoms with Gasteiger partial charge in [0.2, 0.25) is 5.91 Å². The van der Waals surface area contributed by atoms with Gasteiger partial charge >= 0.3 is 0 Å². The van der Waals surface area contributed by atoms with Crippen molar-refractivity contribution in [3.63, 3.8) is 0 Å². The van der Waals surface area contributed by atoms with Gasteiger partial charge in [0.1, 0.15) is 5.69 Å². The molecule has 1 fully saturated rings. The number of rotatable bonds is 3. The number of carbonyl (C=O) groups is 2. The van der Waals surface area contributed by atoms with Crippen molar-refractivity contribution in [1.29, 1.82) is 0 Å². The van der Waals surface area contributed by atoms with E-state index in [0.717, 1.165) is 22.5 Å². The Labute approximate surface area is 185 Å². The molecule has 0 N–H and O–H groups in total. The Morgan fingerprint density at radius 2 is 1.31 bits per heavy atom. The van der Waals surface area contributed by atoms with Crippen LogP contribution in [-0.2, 0) is 4.79 Å². The highest BCUT2D eigenvalue weighted by molar-refractivity contribution is 5.94. The average molecular weight is 425 g/mol. The fourth-order valence-electron chi connectivity index (χ4n) is 4.02. The van der Waals surface area contributed by atoms with E-state index >= 15 is 0 Å². The third kappa shape index (κ3) is 3.73. The van der Waals surface area contributed by atoms with Crippen LogP contribution in [0.3, 0.4) is 0 Å². The Morgan fingerprint density at radius 3 is 1.91 bits per heavy atom. The highest BCUT2D eigenvalue weighted by Crippen LogP contribution is 2.24. The normalized spacial score (nSPS) is 14.0. The maximum absolute atomic E-state index is 13.6. The van der Waals surface area contributed by atoms with Gasteiger partial charge in [-0.1, -0.05) is 60.7 Å². The second kappa shape index (κ2) is 8.26. The highest BCUT2D eigenvalue weighted by Gasteiger charge is 2.26. The van der Waals surface area contributed by atoms with E-state index in [1.807, 2.05) is 72.8 Å². The number of fused-ring (bicyclic) bond motifs is 1. The molecule has 0 radical (unpaired) electrons. The predicted octanol–water partition coefficient (Wildman–Crippen LogP) is 3.37. The zero-order chi connectivity index (χ0) is 22.1. The summed E-state index contributed by atoms with van der Waals surface area (Å²) in [6.07, 6.45) is 0. The van der Waals surface area contributed by atoms with Crippen molar-refractivity contribution < 1.29 is 9.59 Å². The van der Waals surface area contributed by atoms with Crippen LogP contribution in [-0.4, -0.2) is 62.4 Å². The summed E-state index contributed by atoms with van der Waals surface area (Å²) in [6.45, 7) is 3.63. The molecule has 1 aliphatic heterocycles. The molecule has 7 heteroatoms. The molecule has 1 aliphatic rings. The van der Waals surface area contributed by atoms with E-state index in [2.05, 4.69) is 0 Å². The third-order valence-electron chi connectivity index (χ3n) is 5.80. The summed E-state index contributed by atoms with van der Waals surface area (Å²) in [7, 11) is 0. The Morgan fingerprint density at radius 1 is 0.750 bits per heavy atom. The first kappa shape index (κ1) is 19.9. The van der Waals surface area contributed by atoms with Gasteiger partial charge in [-0.25, -0.2) is 9.50 Å². The van der Waals surface area contributed by atoms with Crippen molar-refractivity contribution >= 4 is 17.5 Å². The lowest BCUT2D eigenvalue weighted by atomic mass is 10.1. The fourth-order valence-corrected chi connectivity index (χ4v) is 4.02. The van der Waals surface area contributed by atoms with Crippen molar-refractivity contribution in [2.75, 3.05) is 26.2 Å². The van der Waals surface area contributed by atoms with E-state index in [1.54, 1.807) is 21.2 Å². The summed E-state index contributed by atoms with van der Waals surface area (Å²) in [5.41, 5.74) is 4.48. The molecule has 0 bridgehead atoms. The molecule has 3 heterocycles. The number of benzene rings is 2. The summed E-state index contributed by atoms with van der Waals surface area (Å²) in [6, 6.07) is 23.4. The van der Waals surface area contributed by atoms with Crippen molar-refractivity contribution in [2.45, 2.75) is 6.92 Å². The van der Waals surface area contributed by atoms with E-state index in [9.17, 15) is 9.59 Å². The molecule has 7 nitrogen and oxygen atoms in total. The van der Waals surface area contributed by atoms with E-state index in [0.29, 0.717) is 37.5 Å². The molecule has 0 unspecified atom stereocenters.